The van der Waals surface area contributed by atoms with Crippen molar-refractivity contribution in [3.63, 3.8) is 0 Å². The molecule has 3 aliphatic heterocycles. The largest absolute Gasteiger partial charge is 0.485 e. The highest BCUT2D eigenvalue weighted by Gasteiger charge is 2.39. The van der Waals surface area contributed by atoms with E-state index in [1.807, 2.05) is 19.1 Å². The fourth-order valence-electron chi connectivity index (χ4n) is 6.46. The highest BCUT2D eigenvalue weighted by Crippen LogP contribution is 2.46. The zero-order valence-electron chi connectivity index (χ0n) is 23.9. The van der Waals surface area contributed by atoms with Gasteiger partial charge in [-0.3, -0.25) is 4.90 Å². The molecule has 0 saturated carbocycles. The Morgan fingerprint density at radius 2 is 1.95 bits per heavy atom. The normalized spacial score (nSPS) is 22.4. The SMILES string of the molecule is CC1(c2ccc(Cl)cc2F)COc2cccc(C3CCN(Cc4nc5ccc(C(=O)O)cc5n4C[C@@H]4CCO4)CC3)c2O1. The first-order valence-electron chi connectivity index (χ1n) is 14.7. The third kappa shape index (κ3) is 5.34. The number of ether oxygens (including phenoxy) is 3. The summed E-state index contributed by atoms with van der Waals surface area (Å²) in [4.78, 5) is 18.9. The van der Waals surface area contributed by atoms with Crippen LogP contribution in [0.5, 0.6) is 11.5 Å². The van der Waals surface area contributed by atoms with E-state index in [2.05, 4.69) is 15.5 Å². The summed E-state index contributed by atoms with van der Waals surface area (Å²) in [6, 6.07) is 15.7. The molecule has 2 saturated heterocycles. The quantitative estimate of drug-likeness (QED) is 0.261. The van der Waals surface area contributed by atoms with Crippen molar-refractivity contribution in [2.45, 2.75) is 56.9 Å². The monoisotopic (exact) mass is 605 g/mol. The molecule has 10 heteroatoms. The lowest BCUT2D eigenvalue weighted by atomic mass is 9.87. The number of likely N-dealkylation sites (tertiary alicyclic amines) is 1. The number of hydrogen-bond donors (Lipinski definition) is 1. The summed E-state index contributed by atoms with van der Waals surface area (Å²) >= 11 is 6.00. The number of aromatic nitrogens is 2. The molecule has 0 bridgehead atoms. The molecule has 4 heterocycles. The second-order valence-electron chi connectivity index (χ2n) is 11.9. The molecule has 0 aliphatic carbocycles. The van der Waals surface area contributed by atoms with Crippen molar-refractivity contribution in [2.75, 3.05) is 26.3 Å². The van der Waals surface area contributed by atoms with Crippen LogP contribution in [0, 0.1) is 5.82 Å². The van der Waals surface area contributed by atoms with E-state index in [1.54, 1.807) is 30.3 Å². The Morgan fingerprint density at radius 3 is 2.67 bits per heavy atom. The van der Waals surface area contributed by atoms with Gasteiger partial charge in [0.05, 0.1) is 35.8 Å². The number of rotatable bonds is 7. The van der Waals surface area contributed by atoms with Crippen molar-refractivity contribution in [3.8, 4) is 11.5 Å². The summed E-state index contributed by atoms with van der Waals surface area (Å²) in [6.07, 6.45) is 2.94. The van der Waals surface area contributed by atoms with Crippen LogP contribution in [-0.4, -0.2) is 57.9 Å². The van der Waals surface area contributed by atoms with Crippen LogP contribution in [-0.2, 0) is 23.4 Å². The van der Waals surface area contributed by atoms with Gasteiger partial charge >= 0.3 is 5.97 Å². The number of benzene rings is 3. The molecule has 7 rings (SSSR count). The van der Waals surface area contributed by atoms with Crippen molar-refractivity contribution in [2.24, 2.45) is 0 Å². The number of imidazole rings is 1. The second-order valence-corrected chi connectivity index (χ2v) is 12.3. The Hall–Kier alpha value is -3.66. The predicted molar refractivity (Wildman–Crippen MR) is 160 cm³/mol. The van der Waals surface area contributed by atoms with Crippen LogP contribution in [0.3, 0.4) is 0 Å². The summed E-state index contributed by atoms with van der Waals surface area (Å²) in [5, 5.41) is 9.88. The Kier molecular flexibility index (Phi) is 7.27. The van der Waals surface area contributed by atoms with Crippen LogP contribution < -0.4 is 9.47 Å². The number of fused-ring (bicyclic) bond motifs is 2. The Morgan fingerprint density at radius 1 is 1.14 bits per heavy atom. The van der Waals surface area contributed by atoms with Gasteiger partial charge in [0, 0.05) is 22.8 Å². The average Bonchev–Trinajstić information content (AvgIpc) is 3.30. The highest BCUT2D eigenvalue weighted by atomic mass is 35.5. The summed E-state index contributed by atoms with van der Waals surface area (Å²) in [6.45, 7) is 5.85. The first-order valence-corrected chi connectivity index (χ1v) is 15.1. The molecule has 4 aromatic rings. The highest BCUT2D eigenvalue weighted by molar-refractivity contribution is 6.30. The molecular weight excluding hydrogens is 573 g/mol. The summed E-state index contributed by atoms with van der Waals surface area (Å²) in [5.41, 5.74) is 2.38. The first-order chi connectivity index (χ1) is 20.8. The lowest BCUT2D eigenvalue weighted by molar-refractivity contribution is -0.0592. The first kappa shape index (κ1) is 28.1. The summed E-state index contributed by atoms with van der Waals surface area (Å²) in [7, 11) is 0. The number of carboxylic acid groups (broad SMARTS) is 1. The molecule has 1 N–H and O–H groups in total. The second kappa shape index (κ2) is 11.1. The smallest absolute Gasteiger partial charge is 0.335 e. The predicted octanol–water partition coefficient (Wildman–Crippen LogP) is 6.38. The molecule has 43 heavy (non-hydrogen) atoms. The summed E-state index contributed by atoms with van der Waals surface area (Å²) < 4.78 is 35.5. The van der Waals surface area contributed by atoms with Crippen molar-refractivity contribution in [3.05, 3.63) is 88.0 Å². The Labute approximate surface area is 253 Å². The standard InChI is InChI=1S/C33H33ClFN3O5/c1-33(25-7-6-22(34)16-26(25)35)19-42-29-4-2-3-24(31(29)43-33)20-9-12-37(13-10-20)18-30-36-27-8-5-21(32(39)40)15-28(27)38(30)17-23-11-14-41-23/h2-8,15-16,20,23H,9-14,17-19H2,1H3,(H,39,40)/t23-,33?/m0/s1. The van der Waals surface area contributed by atoms with Crippen molar-refractivity contribution in [1.82, 2.24) is 14.5 Å². The lowest BCUT2D eigenvalue weighted by Crippen LogP contribution is -2.41. The van der Waals surface area contributed by atoms with Crippen LogP contribution in [0.4, 0.5) is 4.39 Å². The number of halogens is 2. The Bertz CT molecular complexity index is 1700. The van der Waals surface area contributed by atoms with Gasteiger partial charge in [-0.2, -0.15) is 0 Å². The minimum Gasteiger partial charge on any atom is -0.485 e. The number of piperidine rings is 1. The molecule has 3 aliphatic rings. The zero-order valence-corrected chi connectivity index (χ0v) is 24.6. The minimum atomic E-state index is -0.984. The maximum atomic E-state index is 14.9. The van der Waals surface area contributed by atoms with Gasteiger partial charge in [-0.15, -0.1) is 0 Å². The number of carboxylic acids is 1. The molecule has 224 valence electrons. The third-order valence-electron chi connectivity index (χ3n) is 8.99. The number of nitrogens with zero attached hydrogens (tertiary/aromatic N) is 3. The van der Waals surface area contributed by atoms with E-state index >= 15 is 0 Å². The van der Waals surface area contributed by atoms with E-state index in [9.17, 15) is 14.3 Å². The van der Waals surface area contributed by atoms with Gasteiger partial charge in [0.2, 0.25) is 0 Å². The zero-order chi connectivity index (χ0) is 29.7. The van der Waals surface area contributed by atoms with Crippen LogP contribution in [0.25, 0.3) is 11.0 Å². The van der Waals surface area contributed by atoms with Crippen molar-refractivity contribution in [1.29, 1.82) is 0 Å². The van der Waals surface area contributed by atoms with Crippen molar-refractivity contribution < 1.29 is 28.5 Å². The van der Waals surface area contributed by atoms with E-state index in [4.69, 9.17) is 30.8 Å². The maximum Gasteiger partial charge on any atom is 0.335 e. The van der Waals surface area contributed by atoms with Gasteiger partial charge in [-0.1, -0.05) is 29.8 Å². The van der Waals surface area contributed by atoms with Gasteiger partial charge in [-0.05, 0) is 81.6 Å². The molecule has 1 aromatic heterocycles. The topological polar surface area (TPSA) is 86.1 Å². The minimum absolute atomic E-state index is 0.119. The van der Waals surface area contributed by atoms with Crippen molar-refractivity contribution >= 4 is 28.6 Å². The maximum absolute atomic E-state index is 14.9. The van der Waals surface area contributed by atoms with E-state index in [-0.39, 0.29) is 24.2 Å². The van der Waals surface area contributed by atoms with E-state index in [0.717, 1.165) is 61.4 Å². The summed E-state index contributed by atoms with van der Waals surface area (Å²) in [5.74, 6) is 1.17. The molecule has 1 unspecified atom stereocenters. The van der Waals surface area contributed by atoms with Gasteiger partial charge in [0.25, 0.3) is 0 Å². The molecule has 3 aromatic carbocycles. The van der Waals surface area contributed by atoms with Gasteiger partial charge in [0.15, 0.2) is 17.1 Å². The molecule has 0 spiro atoms. The third-order valence-corrected chi connectivity index (χ3v) is 9.22. The molecular formula is C33H33ClFN3O5. The van der Waals surface area contributed by atoms with E-state index in [1.165, 1.54) is 6.07 Å². The average molecular weight is 606 g/mol. The van der Waals surface area contributed by atoms with Crippen LogP contribution in [0.15, 0.2) is 54.6 Å². The number of para-hydroxylation sites is 1. The molecule has 2 atom stereocenters. The van der Waals surface area contributed by atoms with Gasteiger partial charge in [-0.25, -0.2) is 14.2 Å². The van der Waals surface area contributed by atoms with E-state index in [0.29, 0.717) is 35.2 Å². The molecule has 8 nitrogen and oxygen atoms in total. The van der Waals surface area contributed by atoms with Crippen LogP contribution in [0.2, 0.25) is 5.02 Å². The Balaban J connectivity index is 1.09. The molecule has 0 amide bonds. The van der Waals surface area contributed by atoms with Gasteiger partial charge in [0.1, 0.15) is 18.2 Å². The van der Waals surface area contributed by atoms with Crippen LogP contribution >= 0.6 is 11.6 Å². The number of carbonyl (C=O) groups is 1. The number of aromatic carboxylic acids is 1. The van der Waals surface area contributed by atoms with E-state index < -0.39 is 17.4 Å². The molecule has 0 radical (unpaired) electrons. The fraction of sp³-hybridized carbons (Fsp3) is 0.394. The van der Waals surface area contributed by atoms with Crippen LogP contribution in [0.1, 0.15) is 59.4 Å². The fourth-order valence-corrected chi connectivity index (χ4v) is 6.62. The molecule has 2 fully saturated rings. The van der Waals surface area contributed by atoms with Gasteiger partial charge < -0.3 is 23.9 Å². The number of hydrogen-bond acceptors (Lipinski definition) is 6. The lowest BCUT2D eigenvalue weighted by Gasteiger charge is -2.39.